The van der Waals surface area contributed by atoms with Crippen molar-refractivity contribution >= 4 is 23.6 Å². The van der Waals surface area contributed by atoms with Crippen LogP contribution in [0, 0.1) is 0 Å². The SMILES string of the molecule is C=CCN(CC(=O)N(Cc1ccccc1)Cc1ccco1)C(=O)CSc1ccccc1. The van der Waals surface area contributed by atoms with Crippen LogP contribution < -0.4 is 0 Å². The number of carbonyl (C=O) groups is 2. The summed E-state index contributed by atoms with van der Waals surface area (Å²) in [6.07, 6.45) is 3.24. The van der Waals surface area contributed by atoms with E-state index in [1.54, 1.807) is 28.2 Å². The smallest absolute Gasteiger partial charge is 0.242 e. The quantitative estimate of drug-likeness (QED) is 0.327. The van der Waals surface area contributed by atoms with E-state index in [0.29, 0.717) is 25.4 Å². The second kappa shape index (κ2) is 11.8. The Balaban J connectivity index is 1.67. The summed E-state index contributed by atoms with van der Waals surface area (Å²) < 4.78 is 5.45. The number of benzene rings is 2. The molecule has 0 saturated heterocycles. The Morgan fingerprint density at radius 3 is 2.23 bits per heavy atom. The highest BCUT2D eigenvalue weighted by Gasteiger charge is 2.22. The monoisotopic (exact) mass is 434 g/mol. The van der Waals surface area contributed by atoms with Gasteiger partial charge in [-0.25, -0.2) is 0 Å². The average Bonchev–Trinajstić information content (AvgIpc) is 3.31. The fourth-order valence-electron chi connectivity index (χ4n) is 3.05. The van der Waals surface area contributed by atoms with Crippen molar-refractivity contribution in [2.24, 2.45) is 0 Å². The van der Waals surface area contributed by atoms with E-state index in [0.717, 1.165) is 10.5 Å². The van der Waals surface area contributed by atoms with Gasteiger partial charge in [0, 0.05) is 18.0 Å². The fraction of sp³-hybridized carbons (Fsp3) is 0.200. The molecule has 0 spiro atoms. The third-order valence-corrected chi connectivity index (χ3v) is 5.63. The third-order valence-electron chi connectivity index (χ3n) is 4.63. The van der Waals surface area contributed by atoms with Crippen molar-refractivity contribution in [3.05, 3.63) is 103 Å². The van der Waals surface area contributed by atoms with E-state index in [4.69, 9.17) is 4.42 Å². The van der Waals surface area contributed by atoms with Crippen molar-refractivity contribution in [1.29, 1.82) is 0 Å². The van der Waals surface area contributed by atoms with Gasteiger partial charge in [-0.1, -0.05) is 54.6 Å². The lowest BCUT2D eigenvalue weighted by molar-refractivity contribution is -0.139. The zero-order valence-corrected chi connectivity index (χ0v) is 18.2. The van der Waals surface area contributed by atoms with Crippen LogP contribution in [0.3, 0.4) is 0 Å². The molecule has 0 unspecified atom stereocenters. The van der Waals surface area contributed by atoms with Gasteiger partial charge in [0.15, 0.2) is 0 Å². The lowest BCUT2D eigenvalue weighted by atomic mass is 10.2. The molecule has 3 aromatic rings. The Bertz CT molecular complexity index is 959. The van der Waals surface area contributed by atoms with Crippen LogP contribution in [0.25, 0.3) is 0 Å². The van der Waals surface area contributed by atoms with Crippen LogP contribution in [0.4, 0.5) is 0 Å². The minimum atomic E-state index is -0.139. The molecule has 0 fully saturated rings. The summed E-state index contributed by atoms with van der Waals surface area (Å²) >= 11 is 1.46. The Hall–Kier alpha value is -3.25. The van der Waals surface area contributed by atoms with Crippen LogP contribution in [0.2, 0.25) is 0 Å². The first-order valence-electron chi connectivity index (χ1n) is 10.1. The van der Waals surface area contributed by atoms with Crippen molar-refractivity contribution in [3.63, 3.8) is 0 Å². The van der Waals surface area contributed by atoms with Crippen LogP contribution in [0.5, 0.6) is 0 Å². The largest absolute Gasteiger partial charge is 0.467 e. The molecule has 0 aliphatic heterocycles. The summed E-state index contributed by atoms with van der Waals surface area (Å²) in [4.78, 5) is 30.3. The van der Waals surface area contributed by atoms with Crippen LogP contribution in [0.1, 0.15) is 11.3 Å². The van der Waals surface area contributed by atoms with Crippen LogP contribution in [-0.4, -0.2) is 40.5 Å². The van der Waals surface area contributed by atoms with Gasteiger partial charge in [0.2, 0.25) is 11.8 Å². The standard InChI is InChI=1S/C25H26N2O3S/c1-2-15-26(25(29)20-31-23-13-7-4-8-14-23)19-24(28)27(18-22-12-9-16-30-22)17-21-10-5-3-6-11-21/h2-14,16H,1,15,17-20H2. The molecule has 31 heavy (non-hydrogen) atoms. The summed E-state index contributed by atoms with van der Waals surface area (Å²) in [6.45, 7) is 4.84. The van der Waals surface area contributed by atoms with Gasteiger partial charge in [-0.15, -0.1) is 18.3 Å². The summed E-state index contributed by atoms with van der Waals surface area (Å²) in [7, 11) is 0. The first kappa shape index (κ1) is 22.4. The molecule has 0 atom stereocenters. The highest BCUT2D eigenvalue weighted by molar-refractivity contribution is 8.00. The van der Waals surface area contributed by atoms with Gasteiger partial charge < -0.3 is 14.2 Å². The van der Waals surface area contributed by atoms with E-state index < -0.39 is 0 Å². The number of hydrogen-bond acceptors (Lipinski definition) is 4. The number of amides is 2. The highest BCUT2D eigenvalue weighted by atomic mass is 32.2. The lowest BCUT2D eigenvalue weighted by Gasteiger charge is -2.27. The topological polar surface area (TPSA) is 53.8 Å². The van der Waals surface area contributed by atoms with Gasteiger partial charge in [0.05, 0.1) is 18.6 Å². The molecule has 0 saturated carbocycles. The van der Waals surface area contributed by atoms with Gasteiger partial charge in [-0.05, 0) is 29.8 Å². The van der Waals surface area contributed by atoms with E-state index in [1.807, 2.05) is 66.7 Å². The Kier molecular flexibility index (Phi) is 8.55. The molecule has 0 bridgehead atoms. The molecule has 3 rings (SSSR count). The maximum atomic E-state index is 13.2. The average molecular weight is 435 g/mol. The molecule has 6 heteroatoms. The molecule has 0 radical (unpaired) electrons. The van der Waals surface area contributed by atoms with Crippen molar-refractivity contribution in [1.82, 2.24) is 9.80 Å². The Morgan fingerprint density at radius 2 is 1.58 bits per heavy atom. The van der Waals surface area contributed by atoms with Crippen LogP contribution in [0.15, 0.2) is 101 Å². The highest BCUT2D eigenvalue weighted by Crippen LogP contribution is 2.18. The number of hydrogen-bond donors (Lipinski definition) is 0. The number of thioether (sulfide) groups is 1. The van der Waals surface area contributed by atoms with Gasteiger partial charge in [-0.3, -0.25) is 9.59 Å². The van der Waals surface area contributed by atoms with E-state index >= 15 is 0 Å². The first-order valence-corrected chi connectivity index (χ1v) is 11.0. The molecule has 0 aliphatic carbocycles. The minimum absolute atomic E-state index is 0.00621. The molecule has 1 aromatic heterocycles. The zero-order chi connectivity index (χ0) is 21.9. The van der Waals surface area contributed by atoms with E-state index in [2.05, 4.69) is 6.58 Å². The van der Waals surface area contributed by atoms with Crippen LogP contribution >= 0.6 is 11.8 Å². The Morgan fingerprint density at radius 1 is 0.871 bits per heavy atom. The predicted octanol–water partition coefficient (Wildman–Crippen LogP) is 4.62. The van der Waals surface area contributed by atoms with E-state index in [1.165, 1.54) is 11.8 Å². The first-order chi connectivity index (χ1) is 15.2. The van der Waals surface area contributed by atoms with Gasteiger partial charge in [0.1, 0.15) is 12.3 Å². The zero-order valence-electron chi connectivity index (χ0n) is 17.4. The van der Waals surface area contributed by atoms with Gasteiger partial charge in [-0.2, -0.15) is 0 Å². The number of furan rings is 1. The minimum Gasteiger partial charge on any atom is -0.467 e. The fourth-order valence-corrected chi connectivity index (χ4v) is 3.88. The molecular weight excluding hydrogens is 408 g/mol. The molecule has 160 valence electrons. The second-order valence-electron chi connectivity index (χ2n) is 6.98. The maximum absolute atomic E-state index is 13.2. The van der Waals surface area contributed by atoms with Crippen molar-refractivity contribution in [2.75, 3.05) is 18.8 Å². The van der Waals surface area contributed by atoms with E-state index in [9.17, 15) is 9.59 Å². The molecule has 1 heterocycles. The molecule has 0 aliphatic rings. The normalized spacial score (nSPS) is 10.5. The lowest BCUT2D eigenvalue weighted by Crippen LogP contribution is -2.43. The van der Waals surface area contributed by atoms with Crippen molar-refractivity contribution in [2.45, 2.75) is 18.0 Å². The van der Waals surface area contributed by atoms with Gasteiger partial charge >= 0.3 is 0 Å². The summed E-state index contributed by atoms with van der Waals surface area (Å²) in [5, 5.41) is 0. The predicted molar refractivity (Wildman–Crippen MR) is 123 cm³/mol. The van der Waals surface area contributed by atoms with Crippen molar-refractivity contribution in [3.8, 4) is 0 Å². The molecule has 2 amide bonds. The molecule has 0 N–H and O–H groups in total. The summed E-state index contributed by atoms with van der Waals surface area (Å²) in [5.74, 6) is 0.729. The number of carbonyl (C=O) groups excluding carboxylic acids is 2. The maximum Gasteiger partial charge on any atom is 0.242 e. The Labute approximate surface area is 187 Å². The number of nitrogens with zero attached hydrogens (tertiary/aromatic N) is 2. The molecule has 5 nitrogen and oxygen atoms in total. The van der Waals surface area contributed by atoms with E-state index in [-0.39, 0.29) is 24.1 Å². The van der Waals surface area contributed by atoms with Crippen molar-refractivity contribution < 1.29 is 14.0 Å². The summed E-state index contributed by atoms with van der Waals surface area (Å²) in [5.41, 5.74) is 1.02. The summed E-state index contributed by atoms with van der Waals surface area (Å²) in [6, 6.07) is 23.2. The number of rotatable bonds is 11. The third kappa shape index (κ3) is 7.19. The second-order valence-corrected chi connectivity index (χ2v) is 8.03. The molecular formula is C25H26N2O3S. The molecule has 2 aromatic carbocycles. The van der Waals surface area contributed by atoms with Gasteiger partial charge in [0.25, 0.3) is 0 Å². The van der Waals surface area contributed by atoms with Crippen LogP contribution in [-0.2, 0) is 22.7 Å².